The van der Waals surface area contributed by atoms with Gasteiger partial charge < -0.3 is 4.74 Å². The van der Waals surface area contributed by atoms with E-state index >= 15 is 0 Å². The molecule has 0 aromatic carbocycles. The second-order valence-corrected chi connectivity index (χ2v) is 4.08. The molecule has 0 N–H and O–H groups in total. The van der Waals surface area contributed by atoms with E-state index in [0.717, 1.165) is 13.0 Å². The molecule has 0 spiro atoms. The Bertz CT molecular complexity index is 226. The Labute approximate surface area is 98.0 Å². The zero-order valence-corrected chi connectivity index (χ0v) is 10.8. The monoisotopic (exact) mass is 229 g/mol. The number of Topliss-reactive ketones (excluding diaryl/α,β-unsaturated/α-hetero) is 1. The Morgan fingerprint density at radius 1 is 1.25 bits per heavy atom. The summed E-state index contributed by atoms with van der Waals surface area (Å²) in [6.45, 7) is 9.46. The van der Waals surface area contributed by atoms with Crippen LogP contribution in [-0.4, -0.2) is 42.4 Å². The highest BCUT2D eigenvalue weighted by atomic mass is 16.5. The lowest BCUT2D eigenvalue weighted by molar-refractivity contribution is -0.145. The third-order valence-corrected chi connectivity index (χ3v) is 2.27. The van der Waals surface area contributed by atoms with Gasteiger partial charge in [0.1, 0.15) is 6.42 Å². The molecule has 0 rings (SSSR count). The van der Waals surface area contributed by atoms with Gasteiger partial charge >= 0.3 is 5.97 Å². The summed E-state index contributed by atoms with van der Waals surface area (Å²) in [6.07, 6.45) is 0.894. The van der Waals surface area contributed by atoms with Crippen molar-refractivity contribution in [2.24, 2.45) is 0 Å². The third kappa shape index (κ3) is 6.56. The van der Waals surface area contributed by atoms with Crippen molar-refractivity contribution < 1.29 is 14.3 Å². The van der Waals surface area contributed by atoms with Crippen LogP contribution in [0.5, 0.6) is 0 Å². The average molecular weight is 229 g/mol. The predicted molar refractivity (Wildman–Crippen MR) is 63.3 cm³/mol. The molecule has 0 fully saturated rings. The van der Waals surface area contributed by atoms with Crippen molar-refractivity contribution in [2.75, 3.05) is 19.7 Å². The van der Waals surface area contributed by atoms with Crippen LogP contribution in [0.4, 0.5) is 0 Å². The van der Waals surface area contributed by atoms with Crippen molar-refractivity contribution in [3.8, 4) is 0 Å². The molecule has 0 aromatic heterocycles. The van der Waals surface area contributed by atoms with Crippen molar-refractivity contribution >= 4 is 11.8 Å². The van der Waals surface area contributed by atoms with E-state index in [1.165, 1.54) is 0 Å². The van der Waals surface area contributed by atoms with Crippen LogP contribution >= 0.6 is 0 Å². The van der Waals surface area contributed by atoms with E-state index in [2.05, 4.69) is 11.8 Å². The van der Waals surface area contributed by atoms with Gasteiger partial charge in [-0.3, -0.25) is 14.5 Å². The summed E-state index contributed by atoms with van der Waals surface area (Å²) in [5.74, 6) is -0.492. The summed E-state index contributed by atoms with van der Waals surface area (Å²) in [5.41, 5.74) is 0. The normalized spacial score (nSPS) is 10.9. The molecule has 0 saturated heterocycles. The van der Waals surface area contributed by atoms with Gasteiger partial charge in [-0.05, 0) is 33.7 Å². The molecule has 0 heterocycles. The van der Waals surface area contributed by atoms with Crippen molar-refractivity contribution in [3.63, 3.8) is 0 Å². The van der Waals surface area contributed by atoms with Crippen LogP contribution in [0, 0.1) is 0 Å². The molecular formula is C12H23NO3. The van der Waals surface area contributed by atoms with Gasteiger partial charge in [0.15, 0.2) is 5.78 Å². The summed E-state index contributed by atoms with van der Waals surface area (Å²) in [4.78, 5) is 24.7. The van der Waals surface area contributed by atoms with E-state index in [1.54, 1.807) is 6.92 Å². The first-order valence-electron chi connectivity index (χ1n) is 5.92. The molecule has 94 valence electrons. The molecule has 0 bridgehead atoms. The second kappa shape index (κ2) is 8.28. The minimum atomic E-state index is -0.423. The van der Waals surface area contributed by atoms with E-state index in [9.17, 15) is 9.59 Å². The van der Waals surface area contributed by atoms with Gasteiger partial charge in [-0.1, -0.05) is 6.92 Å². The van der Waals surface area contributed by atoms with Crippen LogP contribution in [0.15, 0.2) is 0 Å². The second-order valence-electron chi connectivity index (χ2n) is 4.08. The summed E-state index contributed by atoms with van der Waals surface area (Å²) in [6, 6.07) is 0.325. The maximum atomic E-state index is 11.6. The number of nitrogens with zero attached hydrogens (tertiary/aromatic N) is 1. The summed E-state index contributed by atoms with van der Waals surface area (Å²) < 4.78 is 4.74. The van der Waals surface area contributed by atoms with Gasteiger partial charge in [0, 0.05) is 6.04 Å². The van der Waals surface area contributed by atoms with Gasteiger partial charge in [0.25, 0.3) is 0 Å². The lowest BCUT2D eigenvalue weighted by Gasteiger charge is -2.24. The van der Waals surface area contributed by atoms with Gasteiger partial charge in [0.2, 0.25) is 0 Å². The molecule has 16 heavy (non-hydrogen) atoms. The molecule has 0 aliphatic carbocycles. The standard InChI is InChI=1S/C12H23NO3/c1-5-7-13(10(3)4)9-11(14)8-12(15)16-6-2/h10H,5-9H2,1-4H3. The fraction of sp³-hybridized carbons (Fsp3) is 0.833. The van der Waals surface area contributed by atoms with Crippen LogP contribution in [0.1, 0.15) is 40.5 Å². The van der Waals surface area contributed by atoms with Crippen LogP contribution in [0.2, 0.25) is 0 Å². The van der Waals surface area contributed by atoms with Crippen molar-refractivity contribution in [3.05, 3.63) is 0 Å². The number of carbonyl (C=O) groups is 2. The van der Waals surface area contributed by atoms with E-state index in [0.29, 0.717) is 19.2 Å². The fourth-order valence-corrected chi connectivity index (χ4v) is 1.46. The van der Waals surface area contributed by atoms with Gasteiger partial charge in [0.05, 0.1) is 13.2 Å². The molecule has 0 aliphatic rings. The molecule has 0 unspecified atom stereocenters. The molecule has 4 heteroatoms. The number of rotatable bonds is 8. The summed E-state index contributed by atoms with van der Waals surface area (Å²) in [5, 5.41) is 0. The Morgan fingerprint density at radius 3 is 2.31 bits per heavy atom. The molecular weight excluding hydrogens is 206 g/mol. The van der Waals surface area contributed by atoms with Gasteiger partial charge in [-0.2, -0.15) is 0 Å². The lowest BCUT2D eigenvalue weighted by atomic mass is 10.2. The fourth-order valence-electron chi connectivity index (χ4n) is 1.46. The summed E-state index contributed by atoms with van der Waals surface area (Å²) >= 11 is 0. The number of hydrogen-bond acceptors (Lipinski definition) is 4. The lowest BCUT2D eigenvalue weighted by Crippen LogP contribution is -2.36. The average Bonchev–Trinajstić information content (AvgIpc) is 2.16. The van der Waals surface area contributed by atoms with Crippen molar-refractivity contribution in [2.45, 2.75) is 46.6 Å². The predicted octanol–water partition coefficient (Wildman–Crippen LogP) is 1.63. The maximum Gasteiger partial charge on any atom is 0.313 e. The van der Waals surface area contributed by atoms with Crippen molar-refractivity contribution in [1.82, 2.24) is 4.90 Å². The zero-order chi connectivity index (χ0) is 12.6. The first-order chi connectivity index (χ1) is 7.51. The molecule has 0 atom stereocenters. The van der Waals surface area contributed by atoms with Gasteiger partial charge in [-0.15, -0.1) is 0 Å². The van der Waals surface area contributed by atoms with Crippen LogP contribution in [0.3, 0.4) is 0 Å². The largest absolute Gasteiger partial charge is 0.466 e. The van der Waals surface area contributed by atoms with Crippen LogP contribution in [-0.2, 0) is 14.3 Å². The number of hydrogen-bond donors (Lipinski definition) is 0. The maximum absolute atomic E-state index is 11.6. The Morgan fingerprint density at radius 2 is 1.88 bits per heavy atom. The number of esters is 1. The smallest absolute Gasteiger partial charge is 0.313 e. The number of ether oxygens (including phenoxy) is 1. The molecule has 0 saturated carbocycles. The first-order valence-corrected chi connectivity index (χ1v) is 5.92. The van der Waals surface area contributed by atoms with E-state index < -0.39 is 5.97 Å². The van der Waals surface area contributed by atoms with E-state index in [1.807, 2.05) is 13.8 Å². The summed E-state index contributed by atoms with van der Waals surface area (Å²) in [7, 11) is 0. The Balaban J connectivity index is 4.04. The zero-order valence-electron chi connectivity index (χ0n) is 10.8. The Kier molecular flexibility index (Phi) is 7.81. The van der Waals surface area contributed by atoms with Crippen LogP contribution in [0.25, 0.3) is 0 Å². The Hall–Kier alpha value is -0.900. The van der Waals surface area contributed by atoms with Crippen molar-refractivity contribution in [1.29, 1.82) is 0 Å². The molecule has 0 aromatic rings. The number of ketones is 1. The SMILES string of the molecule is CCCN(CC(=O)CC(=O)OCC)C(C)C. The highest BCUT2D eigenvalue weighted by Crippen LogP contribution is 2.01. The molecule has 0 aliphatic heterocycles. The van der Waals surface area contributed by atoms with E-state index in [4.69, 9.17) is 4.74 Å². The number of carbonyl (C=O) groups excluding carboxylic acids is 2. The molecule has 0 amide bonds. The third-order valence-electron chi connectivity index (χ3n) is 2.27. The molecule has 0 radical (unpaired) electrons. The van der Waals surface area contributed by atoms with E-state index in [-0.39, 0.29) is 12.2 Å². The molecule has 4 nitrogen and oxygen atoms in total. The quantitative estimate of drug-likeness (QED) is 0.469. The van der Waals surface area contributed by atoms with Crippen LogP contribution < -0.4 is 0 Å². The highest BCUT2D eigenvalue weighted by Gasteiger charge is 2.16. The van der Waals surface area contributed by atoms with Gasteiger partial charge in [-0.25, -0.2) is 0 Å². The highest BCUT2D eigenvalue weighted by molar-refractivity contribution is 5.96. The first kappa shape index (κ1) is 15.1. The minimum Gasteiger partial charge on any atom is -0.466 e. The minimum absolute atomic E-state index is 0.0689. The topological polar surface area (TPSA) is 46.6 Å².